The molecule has 0 bridgehead atoms. The first-order chi connectivity index (χ1) is 24.8. The largest absolute Gasteiger partial charge is 0.208 e. The van der Waals surface area contributed by atoms with Gasteiger partial charge >= 0.3 is 0 Å². The fourth-order valence-electron chi connectivity index (χ4n) is 6.80. The number of hydrogen-bond acceptors (Lipinski definition) is 3. The summed E-state index contributed by atoms with van der Waals surface area (Å²) in [7, 11) is 0. The highest BCUT2D eigenvalue weighted by atomic mass is 15.0. The molecule has 0 amide bonds. The number of hydrogen-bond donors (Lipinski definition) is 0. The van der Waals surface area contributed by atoms with E-state index in [1.165, 1.54) is 38.6 Å². The minimum Gasteiger partial charge on any atom is -0.208 e. The Morgan fingerprint density at radius 3 is 1.42 bits per heavy atom. The summed E-state index contributed by atoms with van der Waals surface area (Å²) in [5, 5.41) is 4.62. The molecular formula is C47H31N3. The van der Waals surface area contributed by atoms with Gasteiger partial charge in [0.05, 0.1) is 0 Å². The lowest BCUT2D eigenvalue weighted by Gasteiger charge is -2.15. The van der Waals surface area contributed by atoms with Gasteiger partial charge in [-0.1, -0.05) is 164 Å². The topological polar surface area (TPSA) is 38.7 Å². The second-order valence-electron chi connectivity index (χ2n) is 12.5. The summed E-state index contributed by atoms with van der Waals surface area (Å²) in [4.78, 5) is 15.3. The minimum atomic E-state index is 0.637. The lowest BCUT2D eigenvalue weighted by atomic mass is 9.90. The highest BCUT2D eigenvalue weighted by Crippen LogP contribution is 2.39. The van der Waals surface area contributed by atoms with Crippen molar-refractivity contribution in [2.24, 2.45) is 0 Å². The van der Waals surface area contributed by atoms with E-state index in [-0.39, 0.29) is 0 Å². The van der Waals surface area contributed by atoms with Crippen LogP contribution in [0.2, 0.25) is 0 Å². The predicted octanol–water partition coefficient (Wildman–Crippen LogP) is 12.2. The monoisotopic (exact) mass is 637 g/mol. The van der Waals surface area contributed by atoms with Crippen molar-refractivity contribution in [1.29, 1.82) is 0 Å². The molecule has 0 unspecified atom stereocenters. The first-order valence-electron chi connectivity index (χ1n) is 16.9. The number of benzene rings is 8. The van der Waals surface area contributed by atoms with Crippen molar-refractivity contribution in [1.82, 2.24) is 15.0 Å². The highest BCUT2D eigenvalue weighted by Gasteiger charge is 2.17. The summed E-state index contributed by atoms with van der Waals surface area (Å²) < 4.78 is 0. The Kier molecular flexibility index (Phi) is 7.49. The molecule has 0 aliphatic rings. The van der Waals surface area contributed by atoms with E-state index in [0.29, 0.717) is 17.5 Å². The summed E-state index contributed by atoms with van der Waals surface area (Å²) in [6, 6.07) is 65.9. The van der Waals surface area contributed by atoms with Crippen molar-refractivity contribution < 1.29 is 0 Å². The molecule has 0 N–H and O–H groups in total. The smallest absolute Gasteiger partial charge is 0.164 e. The van der Waals surface area contributed by atoms with Gasteiger partial charge in [-0.15, -0.1) is 0 Å². The summed E-state index contributed by atoms with van der Waals surface area (Å²) in [5.41, 5.74) is 9.90. The predicted molar refractivity (Wildman–Crippen MR) is 207 cm³/mol. The molecule has 0 atom stereocenters. The van der Waals surface area contributed by atoms with E-state index >= 15 is 0 Å². The molecule has 9 aromatic rings. The molecule has 0 aliphatic carbocycles. The number of nitrogens with zero attached hydrogens (tertiary/aromatic N) is 3. The van der Waals surface area contributed by atoms with Crippen LogP contribution in [0.25, 0.3) is 89.1 Å². The molecule has 0 aliphatic heterocycles. The molecule has 0 spiro atoms. The van der Waals surface area contributed by atoms with Crippen molar-refractivity contribution in [2.75, 3.05) is 0 Å². The quantitative estimate of drug-likeness (QED) is 0.182. The average molecular weight is 638 g/mol. The van der Waals surface area contributed by atoms with E-state index in [9.17, 15) is 0 Å². The van der Waals surface area contributed by atoms with Gasteiger partial charge in [0.1, 0.15) is 0 Å². The Balaban J connectivity index is 1.22. The van der Waals surface area contributed by atoms with E-state index in [0.717, 1.165) is 33.0 Å². The van der Waals surface area contributed by atoms with Crippen LogP contribution in [-0.2, 0) is 0 Å². The van der Waals surface area contributed by atoms with Gasteiger partial charge in [0.15, 0.2) is 17.5 Å². The maximum atomic E-state index is 5.17. The summed E-state index contributed by atoms with van der Waals surface area (Å²) in [6.45, 7) is 0. The molecule has 8 aromatic carbocycles. The molecule has 1 aromatic heterocycles. The van der Waals surface area contributed by atoms with Crippen molar-refractivity contribution in [3.05, 3.63) is 188 Å². The highest BCUT2D eigenvalue weighted by molar-refractivity contribution is 6.03. The zero-order valence-corrected chi connectivity index (χ0v) is 27.2. The second-order valence-corrected chi connectivity index (χ2v) is 12.5. The molecule has 0 fully saturated rings. The minimum absolute atomic E-state index is 0.637. The average Bonchev–Trinajstić information content (AvgIpc) is 3.21. The zero-order valence-electron chi connectivity index (χ0n) is 27.2. The van der Waals surface area contributed by atoms with Crippen LogP contribution in [0.4, 0.5) is 0 Å². The summed E-state index contributed by atoms with van der Waals surface area (Å²) >= 11 is 0. The molecule has 50 heavy (non-hydrogen) atoms. The van der Waals surface area contributed by atoms with Crippen LogP contribution in [-0.4, -0.2) is 15.0 Å². The lowest BCUT2D eigenvalue weighted by molar-refractivity contribution is 1.08. The normalized spacial score (nSPS) is 11.2. The fourth-order valence-corrected chi connectivity index (χ4v) is 6.80. The third kappa shape index (κ3) is 5.61. The van der Waals surface area contributed by atoms with Crippen LogP contribution in [0.1, 0.15) is 0 Å². The number of rotatable bonds is 6. The van der Waals surface area contributed by atoms with Gasteiger partial charge < -0.3 is 0 Å². The zero-order chi connectivity index (χ0) is 33.3. The molecule has 3 nitrogen and oxygen atoms in total. The van der Waals surface area contributed by atoms with Gasteiger partial charge in [0.25, 0.3) is 0 Å². The van der Waals surface area contributed by atoms with Crippen molar-refractivity contribution in [3.63, 3.8) is 0 Å². The van der Waals surface area contributed by atoms with Crippen molar-refractivity contribution in [2.45, 2.75) is 0 Å². The molecular weight excluding hydrogens is 607 g/mol. The van der Waals surface area contributed by atoms with E-state index < -0.39 is 0 Å². The Labute approximate surface area is 291 Å². The molecule has 9 rings (SSSR count). The lowest BCUT2D eigenvalue weighted by Crippen LogP contribution is -2.00. The third-order valence-corrected chi connectivity index (χ3v) is 9.29. The Morgan fingerprint density at radius 2 is 0.720 bits per heavy atom. The number of aromatic nitrogens is 3. The molecule has 234 valence electrons. The van der Waals surface area contributed by atoms with Crippen LogP contribution >= 0.6 is 0 Å². The van der Waals surface area contributed by atoms with E-state index in [1.807, 2.05) is 24.3 Å². The third-order valence-electron chi connectivity index (χ3n) is 9.29. The van der Waals surface area contributed by atoms with Crippen LogP contribution in [0.15, 0.2) is 188 Å². The van der Waals surface area contributed by atoms with Gasteiger partial charge in [0.2, 0.25) is 0 Å². The van der Waals surface area contributed by atoms with E-state index in [2.05, 4.69) is 164 Å². The standard InChI is InChI=1S/C47H31N3/c1-4-14-32(15-5-1)35-24-25-37-29-39(27-26-36(37)28-35)46-48-45(34-18-8-3-9-19-34)49-47(50-46)40-30-38-20-10-11-22-42(38)44(31-40)43-23-13-12-21-41(43)33-16-6-2-7-17-33/h1-31H. The van der Waals surface area contributed by atoms with Gasteiger partial charge in [-0.25, -0.2) is 15.0 Å². The van der Waals surface area contributed by atoms with Crippen LogP contribution in [0.3, 0.4) is 0 Å². The Bertz CT molecular complexity index is 2630. The molecule has 0 saturated heterocycles. The summed E-state index contributed by atoms with van der Waals surface area (Å²) in [5.74, 6) is 1.92. The Hall–Kier alpha value is -6.71. The van der Waals surface area contributed by atoms with Gasteiger partial charge in [-0.05, 0) is 79.2 Å². The first kappa shape index (κ1) is 29.4. The fraction of sp³-hybridized carbons (Fsp3) is 0. The molecule has 0 saturated carbocycles. The Morgan fingerprint density at radius 1 is 0.240 bits per heavy atom. The van der Waals surface area contributed by atoms with E-state index in [1.54, 1.807) is 0 Å². The first-order valence-corrected chi connectivity index (χ1v) is 16.9. The van der Waals surface area contributed by atoms with Crippen LogP contribution in [0.5, 0.6) is 0 Å². The van der Waals surface area contributed by atoms with Crippen LogP contribution < -0.4 is 0 Å². The van der Waals surface area contributed by atoms with Crippen molar-refractivity contribution >= 4 is 21.5 Å². The van der Waals surface area contributed by atoms with E-state index in [4.69, 9.17) is 15.0 Å². The number of fused-ring (bicyclic) bond motifs is 2. The molecule has 3 heteroatoms. The maximum absolute atomic E-state index is 5.17. The second kappa shape index (κ2) is 12.7. The maximum Gasteiger partial charge on any atom is 0.164 e. The van der Waals surface area contributed by atoms with Gasteiger partial charge in [-0.2, -0.15) is 0 Å². The van der Waals surface area contributed by atoms with Crippen LogP contribution in [0, 0.1) is 0 Å². The summed E-state index contributed by atoms with van der Waals surface area (Å²) in [6.07, 6.45) is 0. The van der Waals surface area contributed by atoms with Crippen molar-refractivity contribution in [3.8, 4) is 67.5 Å². The molecule has 0 radical (unpaired) electrons. The SMILES string of the molecule is c1ccc(-c2ccc3cc(-c4nc(-c5ccccc5)nc(-c5cc(-c6ccccc6-c6ccccc6)c6ccccc6c5)n4)ccc3c2)cc1. The van der Waals surface area contributed by atoms with Gasteiger partial charge in [-0.3, -0.25) is 0 Å². The molecule has 1 heterocycles. The van der Waals surface area contributed by atoms with Gasteiger partial charge in [0, 0.05) is 16.7 Å².